The molecule has 0 aliphatic carbocycles. The van der Waals surface area contributed by atoms with E-state index in [1.807, 2.05) is 30.3 Å². The molecule has 0 bridgehead atoms. The highest BCUT2D eigenvalue weighted by molar-refractivity contribution is 9.09. The number of hydrogen-bond acceptors (Lipinski definition) is 4. The second kappa shape index (κ2) is 9.18. The van der Waals surface area contributed by atoms with Crippen LogP contribution in [0.3, 0.4) is 0 Å². The van der Waals surface area contributed by atoms with Gasteiger partial charge in [-0.15, -0.1) is 0 Å². The molecule has 0 radical (unpaired) electrons. The molecule has 116 valence electrons. The summed E-state index contributed by atoms with van der Waals surface area (Å²) in [6.07, 6.45) is 2.91. The molecule has 1 fully saturated rings. The topological polar surface area (TPSA) is 44.8 Å². The lowest BCUT2D eigenvalue weighted by Gasteiger charge is -2.26. The fourth-order valence-corrected chi connectivity index (χ4v) is 2.54. The second-order valence-corrected chi connectivity index (χ2v) is 5.71. The van der Waals surface area contributed by atoms with Crippen LogP contribution in [0, 0.1) is 0 Å². The Morgan fingerprint density at radius 1 is 1.33 bits per heavy atom. The summed E-state index contributed by atoms with van der Waals surface area (Å²) >= 11 is 3.38. The first kappa shape index (κ1) is 16.5. The molecule has 1 aliphatic rings. The Hall–Kier alpha value is -0.910. The van der Waals surface area contributed by atoms with Crippen LogP contribution < -0.4 is 0 Å². The molecule has 5 heteroatoms. The second-order valence-electron chi connectivity index (χ2n) is 5.06. The number of esters is 1. The van der Waals surface area contributed by atoms with Crippen molar-refractivity contribution >= 4 is 21.9 Å². The zero-order chi connectivity index (χ0) is 14.9. The SMILES string of the molecule is O=C(CC(CBr)OC1CCCCO1)OCc1ccccc1. The summed E-state index contributed by atoms with van der Waals surface area (Å²) in [6.45, 7) is 1.03. The number of hydrogen-bond donors (Lipinski definition) is 0. The maximum atomic E-state index is 11.9. The van der Waals surface area contributed by atoms with Gasteiger partial charge in [0.05, 0.1) is 12.5 Å². The first-order valence-electron chi connectivity index (χ1n) is 7.30. The highest BCUT2D eigenvalue weighted by Gasteiger charge is 2.21. The lowest BCUT2D eigenvalue weighted by atomic mass is 10.2. The number of benzene rings is 1. The summed E-state index contributed by atoms with van der Waals surface area (Å²) in [4.78, 5) is 11.9. The predicted molar refractivity (Wildman–Crippen MR) is 83.1 cm³/mol. The molecule has 0 N–H and O–H groups in total. The Balaban J connectivity index is 1.71. The van der Waals surface area contributed by atoms with Crippen molar-refractivity contribution in [1.29, 1.82) is 0 Å². The van der Waals surface area contributed by atoms with Crippen LogP contribution in [0.25, 0.3) is 0 Å². The third-order valence-corrected chi connectivity index (χ3v) is 4.01. The normalized spacial score (nSPS) is 20.0. The van der Waals surface area contributed by atoms with E-state index in [1.165, 1.54) is 0 Å². The molecular weight excluding hydrogens is 336 g/mol. The number of carbonyl (C=O) groups is 1. The minimum absolute atomic E-state index is 0.191. The summed E-state index contributed by atoms with van der Waals surface area (Å²) in [5, 5.41) is 0.591. The van der Waals surface area contributed by atoms with E-state index in [0.29, 0.717) is 11.9 Å². The van der Waals surface area contributed by atoms with Crippen molar-refractivity contribution in [2.75, 3.05) is 11.9 Å². The maximum absolute atomic E-state index is 11.9. The van der Waals surface area contributed by atoms with Crippen molar-refractivity contribution < 1.29 is 19.0 Å². The summed E-state index contributed by atoms with van der Waals surface area (Å²) < 4.78 is 16.6. The molecule has 0 amide bonds. The summed E-state index contributed by atoms with van der Waals surface area (Å²) in [5.41, 5.74) is 0.984. The van der Waals surface area contributed by atoms with Gasteiger partial charge >= 0.3 is 5.97 Å². The molecule has 2 rings (SSSR count). The van der Waals surface area contributed by atoms with Crippen LogP contribution in [0.4, 0.5) is 0 Å². The van der Waals surface area contributed by atoms with Crippen LogP contribution in [-0.4, -0.2) is 30.3 Å². The van der Waals surface area contributed by atoms with Gasteiger partial charge in [-0.3, -0.25) is 4.79 Å². The third kappa shape index (κ3) is 6.16. The number of rotatable bonds is 7. The van der Waals surface area contributed by atoms with Crippen molar-refractivity contribution in [1.82, 2.24) is 0 Å². The minimum atomic E-state index is -0.251. The molecule has 1 heterocycles. The number of carbonyl (C=O) groups excluding carboxylic acids is 1. The van der Waals surface area contributed by atoms with Crippen LogP contribution in [0.2, 0.25) is 0 Å². The lowest BCUT2D eigenvalue weighted by Crippen LogP contribution is -2.30. The Morgan fingerprint density at radius 2 is 2.14 bits per heavy atom. The van der Waals surface area contributed by atoms with Crippen molar-refractivity contribution in [3.05, 3.63) is 35.9 Å². The number of halogens is 1. The molecule has 2 unspecified atom stereocenters. The zero-order valence-corrected chi connectivity index (χ0v) is 13.6. The Labute approximate surface area is 133 Å². The van der Waals surface area contributed by atoms with Gasteiger partial charge in [-0.1, -0.05) is 46.3 Å². The summed E-state index contributed by atoms with van der Waals surface area (Å²) in [7, 11) is 0. The quantitative estimate of drug-likeness (QED) is 0.554. The van der Waals surface area contributed by atoms with Gasteiger partial charge < -0.3 is 14.2 Å². The average molecular weight is 357 g/mol. The van der Waals surface area contributed by atoms with Crippen molar-refractivity contribution in [2.24, 2.45) is 0 Å². The Kier molecular flexibility index (Phi) is 7.19. The molecule has 1 aromatic carbocycles. The van der Waals surface area contributed by atoms with Gasteiger partial charge in [0.25, 0.3) is 0 Å². The Bertz CT molecular complexity index is 418. The maximum Gasteiger partial charge on any atom is 0.308 e. The predicted octanol–water partition coefficient (Wildman–Crippen LogP) is 3.43. The fraction of sp³-hybridized carbons (Fsp3) is 0.562. The molecule has 1 aliphatic heterocycles. The van der Waals surface area contributed by atoms with E-state index in [4.69, 9.17) is 14.2 Å². The van der Waals surface area contributed by atoms with Crippen molar-refractivity contribution in [3.63, 3.8) is 0 Å². The van der Waals surface area contributed by atoms with Gasteiger partial charge in [0.2, 0.25) is 0 Å². The van der Waals surface area contributed by atoms with E-state index in [2.05, 4.69) is 15.9 Å². The highest BCUT2D eigenvalue weighted by atomic mass is 79.9. The van der Waals surface area contributed by atoms with E-state index < -0.39 is 0 Å². The van der Waals surface area contributed by atoms with Crippen LogP contribution >= 0.6 is 15.9 Å². The fourth-order valence-electron chi connectivity index (χ4n) is 2.16. The van der Waals surface area contributed by atoms with E-state index >= 15 is 0 Å². The van der Waals surface area contributed by atoms with Gasteiger partial charge in [-0.25, -0.2) is 0 Å². The third-order valence-electron chi connectivity index (χ3n) is 3.29. The molecule has 0 spiro atoms. The van der Waals surface area contributed by atoms with Crippen LogP contribution in [0.1, 0.15) is 31.2 Å². The van der Waals surface area contributed by atoms with E-state index in [0.717, 1.165) is 31.4 Å². The summed E-state index contributed by atoms with van der Waals surface area (Å²) in [6, 6.07) is 9.65. The average Bonchev–Trinajstić information content (AvgIpc) is 2.54. The number of ether oxygens (including phenoxy) is 3. The van der Waals surface area contributed by atoms with Crippen LogP contribution in [0.5, 0.6) is 0 Å². The standard InChI is InChI=1S/C16H21BrO4/c17-11-14(21-16-8-4-5-9-19-16)10-15(18)20-12-13-6-2-1-3-7-13/h1-3,6-7,14,16H,4-5,8-12H2. The van der Waals surface area contributed by atoms with Gasteiger partial charge in [0.1, 0.15) is 6.61 Å². The van der Waals surface area contributed by atoms with E-state index in [1.54, 1.807) is 0 Å². The molecule has 21 heavy (non-hydrogen) atoms. The lowest BCUT2D eigenvalue weighted by molar-refractivity contribution is -0.188. The molecular formula is C16H21BrO4. The first-order valence-corrected chi connectivity index (χ1v) is 8.42. The monoisotopic (exact) mass is 356 g/mol. The van der Waals surface area contributed by atoms with Crippen molar-refractivity contribution in [2.45, 2.75) is 44.7 Å². The van der Waals surface area contributed by atoms with Crippen molar-refractivity contribution in [3.8, 4) is 0 Å². The molecule has 0 aromatic heterocycles. The molecule has 1 aromatic rings. The van der Waals surface area contributed by atoms with Gasteiger partial charge in [0.15, 0.2) is 6.29 Å². The van der Waals surface area contributed by atoms with Crippen LogP contribution in [-0.2, 0) is 25.6 Å². The minimum Gasteiger partial charge on any atom is -0.461 e. The van der Waals surface area contributed by atoms with Gasteiger partial charge in [-0.05, 0) is 24.8 Å². The van der Waals surface area contributed by atoms with E-state index in [-0.39, 0.29) is 24.8 Å². The van der Waals surface area contributed by atoms with Crippen LogP contribution in [0.15, 0.2) is 30.3 Å². The largest absolute Gasteiger partial charge is 0.461 e. The zero-order valence-electron chi connectivity index (χ0n) is 12.0. The molecule has 1 saturated heterocycles. The molecule has 2 atom stereocenters. The highest BCUT2D eigenvalue weighted by Crippen LogP contribution is 2.18. The Morgan fingerprint density at radius 3 is 2.81 bits per heavy atom. The molecule has 0 saturated carbocycles. The smallest absolute Gasteiger partial charge is 0.308 e. The summed E-state index contributed by atoms with van der Waals surface area (Å²) in [5.74, 6) is -0.251. The van der Waals surface area contributed by atoms with E-state index in [9.17, 15) is 4.79 Å². The van der Waals surface area contributed by atoms with Gasteiger partial charge in [-0.2, -0.15) is 0 Å². The van der Waals surface area contributed by atoms with Gasteiger partial charge in [0, 0.05) is 11.9 Å². The number of alkyl halides is 1. The first-order chi connectivity index (χ1) is 10.3. The molecule has 4 nitrogen and oxygen atoms in total.